The van der Waals surface area contributed by atoms with Crippen LogP contribution in [0.15, 0.2) is 17.0 Å². The molecular weight excluding hydrogens is 317 g/mol. The van der Waals surface area contributed by atoms with Crippen LogP contribution in [0.2, 0.25) is 0 Å². The molecule has 0 saturated heterocycles. The summed E-state index contributed by atoms with van der Waals surface area (Å²) in [7, 11) is 2.83. The third-order valence-corrected chi connectivity index (χ3v) is 5.30. The minimum Gasteiger partial charge on any atom is -0.337 e. The molecule has 0 spiro atoms. The van der Waals surface area contributed by atoms with E-state index in [9.17, 15) is 17.6 Å². The third kappa shape index (κ3) is 3.74. The Bertz CT molecular complexity index is 671. The van der Waals surface area contributed by atoms with E-state index >= 15 is 0 Å². The van der Waals surface area contributed by atoms with Crippen LogP contribution < -0.4 is 0 Å². The second-order valence-corrected chi connectivity index (χ2v) is 8.10. The summed E-state index contributed by atoms with van der Waals surface area (Å²) >= 11 is 0. The van der Waals surface area contributed by atoms with Crippen molar-refractivity contribution in [2.45, 2.75) is 44.6 Å². The number of hydrogen-bond donors (Lipinski definition) is 0. The highest BCUT2D eigenvalue weighted by atomic mass is 35.7. The number of carbonyl (C=O) groups excluding carboxylic acids is 1. The molecule has 0 radical (unpaired) electrons. The fourth-order valence-corrected chi connectivity index (χ4v) is 2.97. The van der Waals surface area contributed by atoms with E-state index in [1.54, 1.807) is 7.05 Å². The highest BCUT2D eigenvalue weighted by Crippen LogP contribution is 2.26. The van der Waals surface area contributed by atoms with Gasteiger partial charge in [0.1, 0.15) is 5.82 Å². The molecule has 0 aliphatic carbocycles. The molecule has 1 aromatic carbocycles. The monoisotopic (exact) mass is 335 g/mol. The SMILES string of the molecule is CCC(C)(C)N(C)C(=O)c1cc(S(=O)(=O)Cl)c(C)cc1F. The third-order valence-electron chi connectivity index (χ3n) is 3.84. The Balaban J connectivity index is 3.41. The zero-order valence-corrected chi connectivity index (χ0v) is 14.3. The van der Waals surface area contributed by atoms with Gasteiger partial charge in [0.05, 0.1) is 10.5 Å². The van der Waals surface area contributed by atoms with Crippen molar-refractivity contribution >= 4 is 25.6 Å². The Morgan fingerprint density at radius 1 is 1.38 bits per heavy atom. The molecule has 0 bridgehead atoms. The maximum Gasteiger partial charge on any atom is 0.261 e. The van der Waals surface area contributed by atoms with Gasteiger partial charge in [-0.05, 0) is 44.9 Å². The molecule has 0 atom stereocenters. The number of nitrogens with zero attached hydrogens (tertiary/aromatic N) is 1. The average Bonchev–Trinajstić information content (AvgIpc) is 2.35. The van der Waals surface area contributed by atoms with Gasteiger partial charge in [-0.3, -0.25) is 4.79 Å². The van der Waals surface area contributed by atoms with Crippen LogP contribution >= 0.6 is 10.7 Å². The Labute approximate surface area is 129 Å². The summed E-state index contributed by atoms with van der Waals surface area (Å²) in [5, 5.41) is 0. The van der Waals surface area contributed by atoms with Crippen LogP contribution in [-0.4, -0.2) is 31.8 Å². The number of halogens is 2. The van der Waals surface area contributed by atoms with Gasteiger partial charge >= 0.3 is 0 Å². The van der Waals surface area contributed by atoms with E-state index in [0.29, 0.717) is 6.42 Å². The summed E-state index contributed by atoms with van der Waals surface area (Å²) in [5.74, 6) is -1.35. The quantitative estimate of drug-likeness (QED) is 0.793. The lowest BCUT2D eigenvalue weighted by Crippen LogP contribution is -2.44. The van der Waals surface area contributed by atoms with Gasteiger partial charge in [-0.2, -0.15) is 0 Å². The van der Waals surface area contributed by atoms with Crippen molar-refractivity contribution in [3.63, 3.8) is 0 Å². The Morgan fingerprint density at radius 3 is 2.33 bits per heavy atom. The Morgan fingerprint density at radius 2 is 1.90 bits per heavy atom. The van der Waals surface area contributed by atoms with Gasteiger partial charge in [-0.1, -0.05) is 6.92 Å². The van der Waals surface area contributed by atoms with Gasteiger partial charge in [0.15, 0.2) is 0 Å². The van der Waals surface area contributed by atoms with Crippen LogP contribution in [0.1, 0.15) is 43.1 Å². The van der Waals surface area contributed by atoms with Crippen LogP contribution in [0, 0.1) is 12.7 Å². The fraction of sp³-hybridized carbons (Fsp3) is 0.500. The van der Waals surface area contributed by atoms with Crippen LogP contribution in [0.3, 0.4) is 0 Å². The second-order valence-electron chi connectivity index (χ2n) is 5.57. The number of benzene rings is 1. The zero-order chi connectivity index (χ0) is 16.6. The number of hydrogen-bond acceptors (Lipinski definition) is 3. The molecule has 0 unspecified atom stereocenters. The molecular formula is C14H19ClFNO3S. The van der Waals surface area contributed by atoms with E-state index in [4.69, 9.17) is 10.7 Å². The Kier molecular flexibility index (Phi) is 5.05. The molecule has 0 N–H and O–H groups in total. The van der Waals surface area contributed by atoms with Gasteiger partial charge in [0.2, 0.25) is 0 Å². The van der Waals surface area contributed by atoms with Crippen molar-refractivity contribution in [3.8, 4) is 0 Å². The summed E-state index contributed by atoms with van der Waals surface area (Å²) in [6.45, 7) is 7.02. The van der Waals surface area contributed by atoms with Crippen LogP contribution in [0.5, 0.6) is 0 Å². The number of carbonyl (C=O) groups is 1. The molecule has 4 nitrogen and oxygen atoms in total. The summed E-state index contributed by atoms with van der Waals surface area (Å²) in [6, 6.07) is 2.01. The highest BCUT2D eigenvalue weighted by Gasteiger charge is 2.29. The maximum absolute atomic E-state index is 14.0. The first kappa shape index (κ1) is 17.9. The van der Waals surface area contributed by atoms with Gasteiger partial charge in [0, 0.05) is 23.3 Å². The van der Waals surface area contributed by atoms with Crippen molar-refractivity contribution in [1.29, 1.82) is 0 Å². The van der Waals surface area contributed by atoms with E-state index in [0.717, 1.165) is 12.1 Å². The molecule has 118 valence electrons. The Hall–Kier alpha value is -1.14. The molecule has 7 heteroatoms. The molecule has 21 heavy (non-hydrogen) atoms. The number of rotatable bonds is 4. The first-order chi connectivity index (χ1) is 9.41. The summed E-state index contributed by atoms with van der Waals surface area (Å²) in [6.07, 6.45) is 0.670. The van der Waals surface area contributed by atoms with Crippen molar-refractivity contribution in [1.82, 2.24) is 4.90 Å². The molecule has 1 aromatic rings. The van der Waals surface area contributed by atoms with E-state index in [-0.39, 0.29) is 16.0 Å². The summed E-state index contributed by atoms with van der Waals surface area (Å²) in [5.41, 5.74) is -0.616. The topological polar surface area (TPSA) is 54.5 Å². The van der Waals surface area contributed by atoms with Gasteiger partial charge in [0.25, 0.3) is 15.0 Å². The van der Waals surface area contributed by atoms with Crippen LogP contribution in [0.4, 0.5) is 4.39 Å². The standard InChI is InChI=1S/C14H19ClFNO3S/c1-6-14(3,4)17(5)13(18)10-8-12(21(15,19)20)9(2)7-11(10)16/h7-8H,6H2,1-5H3. The van der Waals surface area contributed by atoms with E-state index in [1.807, 2.05) is 20.8 Å². The summed E-state index contributed by atoms with van der Waals surface area (Å²) in [4.78, 5) is 13.6. The summed E-state index contributed by atoms with van der Waals surface area (Å²) < 4.78 is 37.0. The molecule has 0 heterocycles. The highest BCUT2D eigenvalue weighted by molar-refractivity contribution is 8.13. The van der Waals surface area contributed by atoms with Crippen molar-refractivity contribution in [2.75, 3.05) is 7.05 Å². The molecule has 0 fully saturated rings. The van der Waals surface area contributed by atoms with Crippen molar-refractivity contribution in [2.24, 2.45) is 0 Å². The smallest absolute Gasteiger partial charge is 0.261 e. The minimum atomic E-state index is -4.04. The average molecular weight is 336 g/mol. The van der Waals surface area contributed by atoms with Gasteiger partial charge < -0.3 is 4.90 Å². The zero-order valence-electron chi connectivity index (χ0n) is 12.7. The van der Waals surface area contributed by atoms with Gasteiger partial charge in [-0.15, -0.1) is 0 Å². The van der Waals surface area contributed by atoms with Crippen molar-refractivity contribution in [3.05, 3.63) is 29.1 Å². The first-order valence-electron chi connectivity index (χ1n) is 6.44. The largest absolute Gasteiger partial charge is 0.337 e. The molecule has 1 amide bonds. The van der Waals surface area contributed by atoms with E-state index in [2.05, 4.69) is 0 Å². The predicted octanol–water partition coefficient (Wildman–Crippen LogP) is 3.32. The minimum absolute atomic E-state index is 0.163. The lowest BCUT2D eigenvalue weighted by atomic mass is 9.98. The number of aryl methyl sites for hydroxylation is 1. The molecule has 0 aliphatic rings. The maximum atomic E-state index is 14.0. The van der Waals surface area contributed by atoms with Crippen molar-refractivity contribution < 1.29 is 17.6 Å². The van der Waals surface area contributed by atoms with Crippen LogP contribution in [-0.2, 0) is 9.05 Å². The normalized spacial score (nSPS) is 12.3. The second kappa shape index (κ2) is 5.93. The first-order valence-corrected chi connectivity index (χ1v) is 8.75. The predicted molar refractivity (Wildman–Crippen MR) is 80.6 cm³/mol. The molecule has 1 rings (SSSR count). The number of amides is 1. The van der Waals surface area contributed by atoms with E-state index < -0.39 is 26.3 Å². The van der Waals surface area contributed by atoms with E-state index in [1.165, 1.54) is 11.8 Å². The van der Waals surface area contributed by atoms with Gasteiger partial charge in [-0.25, -0.2) is 12.8 Å². The fourth-order valence-electron chi connectivity index (χ4n) is 1.77. The molecule has 0 aromatic heterocycles. The molecule has 0 saturated carbocycles. The lowest BCUT2D eigenvalue weighted by Gasteiger charge is -2.35. The lowest BCUT2D eigenvalue weighted by molar-refractivity contribution is 0.0615. The molecule has 0 aliphatic heterocycles. The van der Waals surface area contributed by atoms with Crippen LogP contribution in [0.25, 0.3) is 0 Å².